The Morgan fingerprint density at radius 2 is 2.62 bits per heavy atom. The second kappa shape index (κ2) is 2.08. The second-order valence-corrected chi connectivity index (χ2v) is 3.06. The molecule has 4 heteroatoms. The number of hydrogen-bond acceptors (Lipinski definition) is 1. The molecule has 2 amide bonds. The molecular weight excluding hydrogens is 219 g/mol. The van der Waals surface area contributed by atoms with E-state index in [0.717, 1.165) is 6.54 Å². The predicted octanol–water partition coefficient (Wildman–Crippen LogP) is 0.750. The molecule has 1 N–H and O–H groups in total. The molecule has 0 radical (unpaired) electrons. The van der Waals surface area contributed by atoms with Gasteiger partial charge in [0.05, 0.1) is 29.4 Å². The Bertz CT molecular complexity index is 117. The number of hydrogen-bond donors (Lipinski definition) is 1. The van der Waals surface area contributed by atoms with Crippen LogP contribution in [0.4, 0.5) is 4.79 Å². The number of urea groups is 1. The molecule has 1 unspecified atom stereocenters. The lowest BCUT2D eigenvalue weighted by Crippen LogP contribution is -2.23. The van der Waals surface area contributed by atoms with E-state index in [0.29, 0.717) is 6.04 Å². The van der Waals surface area contributed by atoms with Crippen LogP contribution in [0.1, 0.15) is 6.92 Å². The molecule has 1 fully saturated rings. The van der Waals surface area contributed by atoms with Crippen LogP contribution in [-0.2, 0) is 0 Å². The number of nitrogens with one attached hydrogen (secondary N) is 1. The lowest BCUT2D eigenvalue weighted by molar-refractivity contribution is 0.240. The van der Waals surface area contributed by atoms with Crippen LogP contribution in [0.3, 0.4) is 0 Å². The van der Waals surface area contributed by atoms with E-state index in [4.69, 9.17) is 0 Å². The van der Waals surface area contributed by atoms with Gasteiger partial charge < -0.3 is 5.32 Å². The molecule has 3 nitrogen and oxygen atoms in total. The monoisotopic (exact) mass is 226 g/mol. The van der Waals surface area contributed by atoms with Crippen molar-refractivity contribution in [2.75, 3.05) is 6.54 Å². The van der Waals surface area contributed by atoms with Crippen molar-refractivity contribution in [1.29, 1.82) is 0 Å². The van der Waals surface area contributed by atoms with E-state index < -0.39 is 0 Å². The van der Waals surface area contributed by atoms with Gasteiger partial charge in [-0.25, -0.2) is 4.79 Å². The summed E-state index contributed by atoms with van der Waals surface area (Å²) in [6, 6.07) is 0.345. The first-order chi connectivity index (χ1) is 3.70. The molecule has 0 aromatic heterocycles. The van der Waals surface area contributed by atoms with Crippen molar-refractivity contribution in [3.8, 4) is 0 Å². The number of carbonyl (C=O) groups excluding carboxylic acids is 1. The minimum Gasteiger partial charge on any atom is -0.333 e. The molecule has 0 aromatic rings. The summed E-state index contributed by atoms with van der Waals surface area (Å²) in [5.41, 5.74) is 0. The third-order valence-electron chi connectivity index (χ3n) is 1.02. The van der Waals surface area contributed by atoms with Crippen molar-refractivity contribution in [3.63, 3.8) is 0 Å². The third kappa shape index (κ3) is 1.04. The van der Waals surface area contributed by atoms with Crippen molar-refractivity contribution >= 4 is 28.9 Å². The lowest BCUT2D eigenvalue weighted by Gasteiger charge is -1.98. The summed E-state index contributed by atoms with van der Waals surface area (Å²) in [5, 5.41) is 2.75. The topological polar surface area (TPSA) is 32.3 Å². The standard InChI is InChI=1S/C4H7IN2O/c1-3-2-7(5)4(8)6-3/h3H,2H2,1H3,(H,6,8). The highest BCUT2D eigenvalue weighted by Crippen LogP contribution is 2.07. The van der Waals surface area contributed by atoms with Gasteiger partial charge in [0.15, 0.2) is 0 Å². The molecular formula is C4H7IN2O. The van der Waals surface area contributed by atoms with E-state index in [1.165, 1.54) is 0 Å². The summed E-state index contributed by atoms with van der Waals surface area (Å²) in [4.78, 5) is 10.6. The number of nitrogens with zero attached hydrogens (tertiary/aromatic N) is 1. The van der Waals surface area contributed by atoms with Crippen LogP contribution in [0.2, 0.25) is 0 Å². The minimum atomic E-state index is 0.0260. The quantitative estimate of drug-likeness (QED) is 0.479. The van der Waals surface area contributed by atoms with Crippen LogP contribution in [0.25, 0.3) is 0 Å². The van der Waals surface area contributed by atoms with Crippen molar-refractivity contribution in [3.05, 3.63) is 0 Å². The molecule has 1 saturated heterocycles. The van der Waals surface area contributed by atoms with E-state index in [9.17, 15) is 4.79 Å². The Labute approximate surface area is 61.9 Å². The van der Waals surface area contributed by atoms with Crippen LogP contribution in [-0.4, -0.2) is 21.7 Å². The molecule has 0 spiro atoms. The first-order valence-corrected chi connectivity index (χ1v) is 3.40. The van der Waals surface area contributed by atoms with Gasteiger partial charge in [-0.2, -0.15) is 0 Å². The van der Waals surface area contributed by atoms with E-state index in [2.05, 4.69) is 5.32 Å². The predicted molar refractivity (Wildman–Crippen MR) is 38.7 cm³/mol. The molecule has 8 heavy (non-hydrogen) atoms. The minimum absolute atomic E-state index is 0.0260. The van der Waals surface area contributed by atoms with Crippen LogP contribution < -0.4 is 5.32 Å². The summed E-state index contributed by atoms with van der Waals surface area (Å²) < 4.78 is 1.64. The Balaban J connectivity index is 2.51. The molecule has 1 aliphatic heterocycles. The van der Waals surface area contributed by atoms with Crippen LogP contribution in [0.15, 0.2) is 0 Å². The molecule has 1 atom stereocenters. The van der Waals surface area contributed by atoms with Gasteiger partial charge in [-0.05, 0) is 6.92 Å². The van der Waals surface area contributed by atoms with Crippen molar-refractivity contribution in [1.82, 2.24) is 8.43 Å². The number of rotatable bonds is 0. The number of carbonyl (C=O) groups is 1. The molecule has 1 aliphatic rings. The van der Waals surface area contributed by atoms with E-state index in [1.54, 1.807) is 3.11 Å². The molecule has 46 valence electrons. The first-order valence-electron chi connectivity index (χ1n) is 2.44. The molecule has 1 rings (SSSR count). The van der Waals surface area contributed by atoms with Crippen LogP contribution in [0, 0.1) is 0 Å². The molecule has 0 bridgehead atoms. The smallest absolute Gasteiger partial charge is 0.326 e. The highest BCUT2D eigenvalue weighted by Gasteiger charge is 2.22. The van der Waals surface area contributed by atoms with Gasteiger partial charge in [0, 0.05) is 6.04 Å². The molecule has 0 saturated carbocycles. The Kier molecular flexibility index (Phi) is 1.59. The van der Waals surface area contributed by atoms with Crippen LogP contribution in [0.5, 0.6) is 0 Å². The van der Waals surface area contributed by atoms with Gasteiger partial charge in [0.2, 0.25) is 0 Å². The van der Waals surface area contributed by atoms with Gasteiger partial charge >= 0.3 is 6.03 Å². The lowest BCUT2D eigenvalue weighted by atomic mass is 10.4. The zero-order valence-electron chi connectivity index (χ0n) is 4.52. The van der Waals surface area contributed by atoms with Crippen molar-refractivity contribution in [2.24, 2.45) is 0 Å². The fourth-order valence-electron chi connectivity index (χ4n) is 0.650. The maximum atomic E-state index is 10.6. The van der Waals surface area contributed by atoms with Crippen LogP contribution >= 0.6 is 22.9 Å². The molecule has 1 heterocycles. The highest BCUT2D eigenvalue weighted by molar-refractivity contribution is 14.1. The van der Waals surface area contributed by atoms with Gasteiger partial charge in [0.1, 0.15) is 0 Å². The summed E-state index contributed by atoms with van der Waals surface area (Å²) >= 11 is 1.99. The fourth-order valence-corrected chi connectivity index (χ4v) is 1.38. The van der Waals surface area contributed by atoms with Crippen molar-refractivity contribution in [2.45, 2.75) is 13.0 Å². The fraction of sp³-hybridized carbons (Fsp3) is 0.750. The van der Waals surface area contributed by atoms with Gasteiger partial charge in [-0.3, -0.25) is 3.11 Å². The van der Waals surface area contributed by atoms with E-state index in [1.807, 2.05) is 29.8 Å². The Hall–Kier alpha value is 0. The summed E-state index contributed by atoms with van der Waals surface area (Å²) in [7, 11) is 0. The highest BCUT2D eigenvalue weighted by atomic mass is 127. The zero-order chi connectivity index (χ0) is 6.15. The average molecular weight is 226 g/mol. The zero-order valence-corrected chi connectivity index (χ0v) is 6.68. The average Bonchev–Trinajstić information content (AvgIpc) is 1.85. The SMILES string of the molecule is CC1CN(I)C(=O)N1. The van der Waals surface area contributed by atoms with Gasteiger partial charge in [-0.1, -0.05) is 0 Å². The second-order valence-electron chi connectivity index (χ2n) is 1.90. The van der Waals surface area contributed by atoms with Gasteiger partial charge in [-0.15, -0.1) is 0 Å². The largest absolute Gasteiger partial charge is 0.333 e. The number of halogens is 1. The maximum absolute atomic E-state index is 10.6. The van der Waals surface area contributed by atoms with Crippen molar-refractivity contribution < 1.29 is 4.79 Å². The first kappa shape index (κ1) is 6.12. The van der Waals surface area contributed by atoms with E-state index in [-0.39, 0.29) is 6.03 Å². The summed E-state index contributed by atoms with van der Waals surface area (Å²) in [6.45, 7) is 2.80. The number of amides is 2. The molecule has 0 aliphatic carbocycles. The third-order valence-corrected chi connectivity index (χ3v) is 1.86. The normalized spacial score (nSPS) is 28.5. The molecule has 0 aromatic carbocycles. The summed E-state index contributed by atoms with van der Waals surface area (Å²) in [5.74, 6) is 0. The summed E-state index contributed by atoms with van der Waals surface area (Å²) in [6.07, 6.45) is 0. The van der Waals surface area contributed by atoms with E-state index >= 15 is 0 Å². The Morgan fingerprint density at radius 1 is 2.00 bits per heavy atom. The maximum Gasteiger partial charge on any atom is 0.326 e. The Morgan fingerprint density at radius 3 is 2.75 bits per heavy atom. The van der Waals surface area contributed by atoms with Gasteiger partial charge in [0.25, 0.3) is 0 Å².